The van der Waals surface area contributed by atoms with Crippen molar-refractivity contribution in [3.8, 4) is 0 Å². The summed E-state index contributed by atoms with van der Waals surface area (Å²) in [7, 11) is 3.03. The zero-order valence-corrected chi connectivity index (χ0v) is 15.9. The Balaban J connectivity index is 2.42. The average Bonchev–Trinajstić information content (AvgIpc) is 2.67. The van der Waals surface area contributed by atoms with Crippen LogP contribution in [0.25, 0.3) is 0 Å². The lowest BCUT2D eigenvalue weighted by Crippen LogP contribution is -2.38. The summed E-state index contributed by atoms with van der Waals surface area (Å²) in [4.78, 5) is 27.3. The first kappa shape index (κ1) is 21.5. The number of hydrogen-bond donors (Lipinski definition) is 3. The lowest BCUT2D eigenvalue weighted by Gasteiger charge is -2.11. The topological polar surface area (TPSA) is 91.8 Å². The van der Waals surface area contributed by atoms with E-state index in [0.717, 1.165) is 37.3 Å². The largest absolute Gasteiger partial charge is 0.469 e. The van der Waals surface area contributed by atoms with E-state index in [4.69, 9.17) is 0 Å². The van der Waals surface area contributed by atoms with E-state index in [2.05, 4.69) is 25.7 Å². The molecule has 0 atom stereocenters. The molecule has 0 saturated carbocycles. The maximum atomic E-state index is 11.7. The van der Waals surface area contributed by atoms with Gasteiger partial charge in [0.15, 0.2) is 5.96 Å². The SMILES string of the molecule is CCNC(=NCCCCC(=O)OC)NCCc1cccc(C(=O)NC)c1. The van der Waals surface area contributed by atoms with Crippen LogP contribution in [0.4, 0.5) is 0 Å². The van der Waals surface area contributed by atoms with E-state index < -0.39 is 0 Å². The summed E-state index contributed by atoms with van der Waals surface area (Å²) in [5, 5.41) is 9.12. The molecule has 0 heterocycles. The van der Waals surface area contributed by atoms with Gasteiger partial charge in [-0.05, 0) is 43.9 Å². The van der Waals surface area contributed by atoms with E-state index >= 15 is 0 Å². The predicted octanol–water partition coefficient (Wildman–Crippen LogP) is 1.49. The number of unbranched alkanes of at least 4 members (excludes halogenated alkanes) is 1. The monoisotopic (exact) mass is 362 g/mol. The molecule has 26 heavy (non-hydrogen) atoms. The molecule has 0 unspecified atom stereocenters. The second kappa shape index (κ2) is 12.7. The van der Waals surface area contributed by atoms with E-state index in [1.54, 1.807) is 13.1 Å². The van der Waals surface area contributed by atoms with E-state index in [9.17, 15) is 9.59 Å². The number of rotatable bonds is 10. The molecule has 0 aliphatic heterocycles. The molecule has 0 bridgehead atoms. The van der Waals surface area contributed by atoms with E-state index in [-0.39, 0.29) is 11.9 Å². The van der Waals surface area contributed by atoms with Crippen LogP contribution in [0, 0.1) is 0 Å². The number of nitrogens with one attached hydrogen (secondary N) is 3. The molecule has 1 amide bonds. The van der Waals surface area contributed by atoms with Crippen molar-refractivity contribution in [2.24, 2.45) is 4.99 Å². The van der Waals surface area contributed by atoms with Crippen LogP contribution in [0.2, 0.25) is 0 Å². The third-order valence-corrected chi connectivity index (χ3v) is 3.75. The Kier molecular flexibility index (Phi) is 10.5. The summed E-state index contributed by atoms with van der Waals surface area (Å²) in [5.41, 5.74) is 1.75. The number of esters is 1. The molecule has 0 fully saturated rings. The summed E-state index contributed by atoms with van der Waals surface area (Å²) in [6.45, 7) is 4.16. The molecule has 0 aliphatic rings. The summed E-state index contributed by atoms with van der Waals surface area (Å²) in [6.07, 6.45) is 2.82. The molecule has 0 saturated heterocycles. The van der Waals surface area contributed by atoms with Crippen molar-refractivity contribution in [2.75, 3.05) is 33.8 Å². The maximum absolute atomic E-state index is 11.7. The molecule has 0 spiro atoms. The van der Waals surface area contributed by atoms with Crippen LogP contribution in [0.5, 0.6) is 0 Å². The zero-order chi connectivity index (χ0) is 19.2. The van der Waals surface area contributed by atoms with Gasteiger partial charge in [0.1, 0.15) is 0 Å². The molecule has 144 valence electrons. The van der Waals surface area contributed by atoms with Gasteiger partial charge in [-0.3, -0.25) is 14.6 Å². The van der Waals surface area contributed by atoms with E-state index in [0.29, 0.717) is 25.1 Å². The highest BCUT2D eigenvalue weighted by Crippen LogP contribution is 2.05. The van der Waals surface area contributed by atoms with Gasteiger partial charge in [-0.1, -0.05) is 12.1 Å². The van der Waals surface area contributed by atoms with Crippen molar-refractivity contribution in [1.82, 2.24) is 16.0 Å². The minimum absolute atomic E-state index is 0.0818. The van der Waals surface area contributed by atoms with Gasteiger partial charge >= 0.3 is 5.97 Å². The zero-order valence-electron chi connectivity index (χ0n) is 15.9. The summed E-state index contributed by atoms with van der Waals surface area (Å²) >= 11 is 0. The lowest BCUT2D eigenvalue weighted by molar-refractivity contribution is -0.140. The number of carbonyl (C=O) groups excluding carboxylic acids is 2. The second-order valence-electron chi connectivity index (χ2n) is 5.75. The highest BCUT2D eigenvalue weighted by atomic mass is 16.5. The number of methoxy groups -OCH3 is 1. The first-order valence-electron chi connectivity index (χ1n) is 9.00. The molecule has 7 heteroatoms. The highest BCUT2D eigenvalue weighted by Gasteiger charge is 2.04. The second-order valence-corrected chi connectivity index (χ2v) is 5.75. The number of benzene rings is 1. The number of amides is 1. The van der Waals surface area contributed by atoms with Gasteiger partial charge in [0.25, 0.3) is 5.91 Å². The third-order valence-electron chi connectivity index (χ3n) is 3.75. The fraction of sp³-hybridized carbons (Fsp3) is 0.526. The van der Waals surface area contributed by atoms with Crippen LogP contribution in [-0.4, -0.2) is 51.6 Å². The van der Waals surface area contributed by atoms with Gasteiger partial charge in [0.05, 0.1) is 7.11 Å². The first-order chi connectivity index (χ1) is 12.6. The Labute approximate surface area is 155 Å². The quantitative estimate of drug-likeness (QED) is 0.254. The standard InChI is InChI=1S/C19H30N4O3/c1-4-21-19(22-12-6-5-10-17(24)26-3)23-13-11-15-8-7-9-16(14-15)18(25)20-2/h7-9,14H,4-6,10-13H2,1-3H3,(H,20,25)(H2,21,22,23). The van der Waals surface area contributed by atoms with Gasteiger partial charge in [0, 0.05) is 38.7 Å². The Hall–Kier alpha value is -2.57. The van der Waals surface area contributed by atoms with Gasteiger partial charge in [-0.15, -0.1) is 0 Å². The number of aliphatic imine (C=N–C) groups is 1. The predicted molar refractivity (Wildman–Crippen MR) is 103 cm³/mol. The Bertz CT molecular complexity index is 602. The van der Waals surface area contributed by atoms with Crippen LogP contribution in [0.3, 0.4) is 0 Å². The summed E-state index contributed by atoms with van der Waals surface area (Å²) in [6, 6.07) is 7.60. The molecule has 0 aliphatic carbocycles. The number of hydrogen-bond acceptors (Lipinski definition) is 4. The third kappa shape index (κ3) is 8.50. The van der Waals surface area contributed by atoms with Crippen LogP contribution < -0.4 is 16.0 Å². The molecule has 1 rings (SSSR count). The number of nitrogens with zero attached hydrogens (tertiary/aromatic N) is 1. The maximum Gasteiger partial charge on any atom is 0.305 e. The summed E-state index contributed by atoms with van der Waals surface area (Å²) in [5.74, 6) is 0.493. The molecule has 0 aromatic heterocycles. The van der Waals surface area contributed by atoms with Gasteiger partial charge in [0.2, 0.25) is 0 Å². The fourth-order valence-corrected chi connectivity index (χ4v) is 2.35. The molecule has 1 aromatic rings. The van der Waals surface area contributed by atoms with Crippen molar-refractivity contribution in [2.45, 2.75) is 32.6 Å². The van der Waals surface area contributed by atoms with Crippen LogP contribution in [0.1, 0.15) is 42.1 Å². The Morgan fingerprint density at radius 3 is 2.69 bits per heavy atom. The van der Waals surface area contributed by atoms with E-state index in [1.165, 1.54) is 7.11 Å². The Morgan fingerprint density at radius 1 is 1.19 bits per heavy atom. The highest BCUT2D eigenvalue weighted by molar-refractivity contribution is 5.94. The van der Waals surface area contributed by atoms with Gasteiger partial charge < -0.3 is 20.7 Å². The minimum atomic E-state index is -0.182. The number of ether oxygens (including phenoxy) is 1. The van der Waals surface area contributed by atoms with Gasteiger partial charge in [-0.25, -0.2) is 0 Å². The smallest absolute Gasteiger partial charge is 0.305 e. The molecular weight excluding hydrogens is 332 g/mol. The normalized spacial score (nSPS) is 11.0. The molecular formula is C19H30N4O3. The molecule has 1 aromatic carbocycles. The van der Waals surface area contributed by atoms with Crippen molar-refractivity contribution in [1.29, 1.82) is 0 Å². The lowest BCUT2D eigenvalue weighted by atomic mass is 10.1. The molecule has 3 N–H and O–H groups in total. The number of guanidine groups is 1. The van der Waals surface area contributed by atoms with Crippen molar-refractivity contribution >= 4 is 17.8 Å². The molecule has 0 radical (unpaired) electrons. The van der Waals surface area contributed by atoms with Crippen LogP contribution in [-0.2, 0) is 16.0 Å². The first-order valence-corrected chi connectivity index (χ1v) is 9.00. The van der Waals surface area contributed by atoms with Crippen molar-refractivity contribution < 1.29 is 14.3 Å². The fourth-order valence-electron chi connectivity index (χ4n) is 2.35. The molecule has 7 nitrogen and oxygen atoms in total. The van der Waals surface area contributed by atoms with E-state index in [1.807, 2.05) is 25.1 Å². The van der Waals surface area contributed by atoms with Crippen molar-refractivity contribution in [3.05, 3.63) is 35.4 Å². The minimum Gasteiger partial charge on any atom is -0.469 e. The summed E-state index contributed by atoms with van der Waals surface area (Å²) < 4.78 is 4.62. The van der Waals surface area contributed by atoms with Crippen molar-refractivity contribution in [3.63, 3.8) is 0 Å². The van der Waals surface area contributed by atoms with Gasteiger partial charge in [-0.2, -0.15) is 0 Å². The Morgan fingerprint density at radius 2 is 2.00 bits per heavy atom. The number of carbonyl (C=O) groups is 2. The van der Waals surface area contributed by atoms with Crippen LogP contribution in [0.15, 0.2) is 29.3 Å². The van der Waals surface area contributed by atoms with Crippen LogP contribution >= 0.6 is 0 Å². The average molecular weight is 362 g/mol.